The summed E-state index contributed by atoms with van der Waals surface area (Å²) in [7, 11) is -0.734. The Morgan fingerprint density at radius 2 is 2.05 bits per heavy atom. The zero-order valence-corrected chi connectivity index (χ0v) is 15.5. The summed E-state index contributed by atoms with van der Waals surface area (Å²) in [6.07, 6.45) is 1.93. The molecule has 0 N–H and O–H groups in total. The highest BCUT2D eigenvalue weighted by Crippen LogP contribution is 2.34. The smallest absolute Gasteiger partial charge is 0.246 e. The maximum absolute atomic E-state index is 12.8. The van der Waals surface area contributed by atoms with Crippen LogP contribution in [-0.4, -0.2) is 44.9 Å². The van der Waals surface area contributed by atoms with Crippen LogP contribution in [0.2, 0.25) is 5.02 Å². The van der Waals surface area contributed by atoms with E-state index in [1.165, 1.54) is 17.5 Å². The summed E-state index contributed by atoms with van der Waals surface area (Å²) in [6.45, 7) is 1.85. The molecule has 4 nitrogen and oxygen atoms in total. The lowest BCUT2D eigenvalue weighted by Gasteiger charge is -2.25. The number of alkyl halides is 1. The third-order valence-corrected chi connectivity index (χ3v) is 6.43. The first-order chi connectivity index (χ1) is 9.79. The molecule has 0 heterocycles. The second-order valence-corrected chi connectivity index (χ2v) is 8.14. The Morgan fingerprint density at radius 1 is 1.43 bits per heavy atom. The van der Waals surface area contributed by atoms with Crippen LogP contribution in [0, 0.1) is 0 Å². The molecule has 21 heavy (non-hydrogen) atoms. The van der Waals surface area contributed by atoms with Gasteiger partial charge >= 0.3 is 0 Å². The molecular formula is C13H19Cl2NO3S2. The normalized spacial score (nSPS) is 13.5. The van der Waals surface area contributed by atoms with Gasteiger partial charge in [-0.2, -0.15) is 16.1 Å². The minimum atomic E-state index is -3.71. The summed E-state index contributed by atoms with van der Waals surface area (Å²) in [4.78, 5) is 0.0450. The van der Waals surface area contributed by atoms with Crippen molar-refractivity contribution in [2.24, 2.45) is 0 Å². The number of halogens is 2. The van der Waals surface area contributed by atoms with Gasteiger partial charge in [0.2, 0.25) is 10.0 Å². The first-order valence-corrected chi connectivity index (χ1v) is 9.93. The zero-order chi connectivity index (χ0) is 16.2. The van der Waals surface area contributed by atoms with Crippen LogP contribution in [0.25, 0.3) is 0 Å². The van der Waals surface area contributed by atoms with Gasteiger partial charge in [-0.05, 0) is 25.3 Å². The Kier molecular flexibility index (Phi) is 7.13. The quantitative estimate of drug-likeness (QED) is 0.688. The molecule has 1 rings (SSSR count). The van der Waals surface area contributed by atoms with E-state index in [1.807, 2.05) is 13.2 Å². The predicted molar refractivity (Wildman–Crippen MR) is 90.4 cm³/mol. The average molecular weight is 372 g/mol. The predicted octanol–water partition coefficient (Wildman–Crippen LogP) is 3.46. The first-order valence-electron chi connectivity index (χ1n) is 6.18. The van der Waals surface area contributed by atoms with Crippen molar-refractivity contribution in [1.82, 2.24) is 4.31 Å². The van der Waals surface area contributed by atoms with Crippen LogP contribution in [0.1, 0.15) is 12.5 Å². The van der Waals surface area contributed by atoms with Crippen molar-refractivity contribution in [3.8, 4) is 5.75 Å². The Bertz CT molecular complexity index is 593. The number of ether oxygens (including phenoxy) is 1. The van der Waals surface area contributed by atoms with E-state index in [9.17, 15) is 8.42 Å². The van der Waals surface area contributed by atoms with E-state index in [2.05, 4.69) is 0 Å². The molecule has 8 heteroatoms. The van der Waals surface area contributed by atoms with Crippen molar-refractivity contribution in [1.29, 1.82) is 0 Å². The average Bonchev–Trinajstić information content (AvgIpc) is 2.45. The first kappa shape index (κ1) is 18.9. The molecule has 0 aliphatic rings. The van der Waals surface area contributed by atoms with Crippen LogP contribution < -0.4 is 4.74 Å². The monoisotopic (exact) mass is 371 g/mol. The van der Waals surface area contributed by atoms with Gasteiger partial charge in [0.15, 0.2) is 0 Å². The van der Waals surface area contributed by atoms with Gasteiger partial charge in [-0.1, -0.05) is 11.6 Å². The molecule has 0 bridgehead atoms. The van der Waals surface area contributed by atoms with Gasteiger partial charge in [0, 0.05) is 29.4 Å². The Morgan fingerprint density at radius 3 is 2.52 bits per heavy atom. The van der Waals surface area contributed by atoms with Crippen LogP contribution in [0.15, 0.2) is 17.0 Å². The minimum absolute atomic E-state index is 0.0450. The fraction of sp³-hybridized carbons (Fsp3) is 0.538. The third-order valence-electron chi connectivity index (χ3n) is 3.13. The van der Waals surface area contributed by atoms with Crippen LogP contribution in [-0.2, 0) is 15.9 Å². The molecule has 0 saturated heterocycles. The van der Waals surface area contributed by atoms with Gasteiger partial charge in [-0.3, -0.25) is 0 Å². The van der Waals surface area contributed by atoms with Gasteiger partial charge < -0.3 is 4.74 Å². The molecule has 0 aliphatic heterocycles. The SMILES string of the molecule is COc1c(CCl)cc(Cl)cc1S(=O)(=O)N(C)C(C)CSC. The van der Waals surface area contributed by atoms with Gasteiger partial charge in [0.05, 0.1) is 13.0 Å². The number of hydrogen-bond acceptors (Lipinski definition) is 4. The molecule has 0 aliphatic carbocycles. The summed E-state index contributed by atoms with van der Waals surface area (Å²) >= 11 is 13.4. The molecule has 0 saturated carbocycles. The molecule has 0 spiro atoms. The Balaban J connectivity index is 3.40. The number of hydrogen-bond donors (Lipinski definition) is 0. The summed E-state index contributed by atoms with van der Waals surface area (Å²) in [5, 5.41) is 0.316. The number of sulfonamides is 1. The molecule has 0 radical (unpaired) electrons. The van der Waals surface area contributed by atoms with E-state index in [-0.39, 0.29) is 22.6 Å². The van der Waals surface area contributed by atoms with Crippen molar-refractivity contribution in [3.63, 3.8) is 0 Å². The standard InChI is InChI=1S/C13H19Cl2NO3S2/c1-9(8-20-4)16(2)21(17,18)12-6-11(15)5-10(7-14)13(12)19-3/h5-6,9H,7-8H2,1-4H3. The van der Waals surface area contributed by atoms with Crippen molar-refractivity contribution in [3.05, 3.63) is 22.7 Å². The second kappa shape index (κ2) is 7.92. The summed E-state index contributed by atoms with van der Waals surface area (Å²) < 4.78 is 32.1. The van der Waals surface area contributed by atoms with Gasteiger partial charge in [0.25, 0.3) is 0 Å². The largest absolute Gasteiger partial charge is 0.495 e. The highest BCUT2D eigenvalue weighted by molar-refractivity contribution is 7.98. The summed E-state index contributed by atoms with van der Waals surface area (Å²) in [5.74, 6) is 1.06. The van der Waals surface area contributed by atoms with E-state index in [0.717, 1.165) is 0 Å². The van der Waals surface area contributed by atoms with Crippen LogP contribution in [0.4, 0.5) is 0 Å². The van der Waals surface area contributed by atoms with Crippen molar-refractivity contribution in [2.45, 2.75) is 23.7 Å². The van der Waals surface area contributed by atoms with E-state index in [1.54, 1.807) is 24.9 Å². The van der Waals surface area contributed by atoms with Gasteiger partial charge in [0.1, 0.15) is 10.6 Å². The maximum Gasteiger partial charge on any atom is 0.246 e. The van der Waals surface area contributed by atoms with E-state index < -0.39 is 10.0 Å². The zero-order valence-electron chi connectivity index (χ0n) is 12.4. The molecule has 0 amide bonds. The number of methoxy groups -OCH3 is 1. The Hall–Kier alpha value is -0.140. The highest BCUT2D eigenvalue weighted by atomic mass is 35.5. The molecule has 0 aromatic heterocycles. The number of rotatable bonds is 7. The van der Waals surface area contributed by atoms with E-state index in [0.29, 0.717) is 16.3 Å². The fourth-order valence-corrected chi connectivity index (χ4v) is 4.77. The molecule has 1 atom stereocenters. The second-order valence-electron chi connectivity index (χ2n) is 4.56. The van der Waals surface area contributed by atoms with Crippen LogP contribution >= 0.6 is 35.0 Å². The highest BCUT2D eigenvalue weighted by Gasteiger charge is 2.29. The van der Waals surface area contributed by atoms with Gasteiger partial charge in [-0.15, -0.1) is 11.6 Å². The maximum atomic E-state index is 12.8. The van der Waals surface area contributed by atoms with E-state index >= 15 is 0 Å². The van der Waals surface area contributed by atoms with Crippen LogP contribution in [0.3, 0.4) is 0 Å². The lowest BCUT2D eigenvalue weighted by Crippen LogP contribution is -2.36. The van der Waals surface area contributed by atoms with Crippen molar-refractivity contribution < 1.29 is 13.2 Å². The number of benzene rings is 1. The molecule has 1 aromatic carbocycles. The summed E-state index contributed by atoms with van der Waals surface area (Å²) in [5.41, 5.74) is 0.552. The minimum Gasteiger partial charge on any atom is -0.495 e. The molecular weight excluding hydrogens is 353 g/mol. The van der Waals surface area contributed by atoms with E-state index in [4.69, 9.17) is 27.9 Å². The number of thioether (sulfide) groups is 1. The summed E-state index contributed by atoms with van der Waals surface area (Å²) in [6, 6.07) is 2.86. The van der Waals surface area contributed by atoms with Crippen molar-refractivity contribution >= 4 is 45.0 Å². The van der Waals surface area contributed by atoms with Gasteiger partial charge in [-0.25, -0.2) is 8.42 Å². The third kappa shape index (κ3) is 4.20. The lowest BCUT2D eigenvalue weighted by molar-refractivity contribution is 0.386. The molecule has 120 valence electrons. The van der Waals surface area contributed by atoms with Crippen molar-refractivity contribution in [2.75, 3.05) is 26.2 Å². The lowest BCUT2D eigenvalue weighted by atomic mass is 10.2. The topological polar surface area (TPSA) is 46.6 Å². The fourth-order valence-electron chi connectivity index (χ4n) is 1.88. The molecule has 1 aromatic rings. The van der Waals surface area contributed by atoms with Crippen LogP contribution in [0.5, 0.6) is 5.75 Å². The Labute approximate surface area is 140 Å². The molecule has 1 unspecified atom stereocenters. The number of nitrogens with zero attached hydrogens (tertiary/aromatic N) is 1. The molecule has 0 fully saturated rings.